The number of thioether (sulfide) groups is 1. The summed E-state index contributed by atoms with van der Waals surface area (Å²) in [4.78, 5) is 16.1. The number of hydrogen-bond acceptors (Lipinski definition) is 5. The second-order valence-electron chi connectivity index (χ2n) is 3.45. The van der Waals surface area contributed by atoms with Crippen LogP contribution in [0, 0.1) is 6.92 Å². The van der Waals surface area contributed by atoms with E-state index in [2.05, 4.69) is 10.1 Å². The van der Waals surface area contributed by atoms with Crippen LogP contribution >= 0.6 is 11.8 Å². The van der Waals surface area contributed by atoms with Crippen molar-refractivity contribution in [3.63, 3.8) is 0 Å². The van der Waals surface area contributed by atoms with Gasteiger partial charge in [-0.2, -0.15) is 5.10 Å². The van der Waals surface area contributed by atoms with Gasteiger partial charge in [0.15, 0.2) is 5.65 Å². The van der Waals surface area contributed by atoms with Gasteiger partial charge in [0.25, 0.3) is 0 Å². The molecular weight excluding hydrogens is 238 g/mol. The van der Waals surface area contributed by atoms with Crippen LogP contribution in [0.5, 0.6) is 0 Å². The molecule has 0 N–H and O–H groups in total. The average Bonchev–Trinajstić information content (AvgIpc) is 2.73. The molecule has 2 aromatic heterocycles. The van der Waals surface area contributed by atoms with Crippen molar-refractivity contribution in [2.45, 2.75) is 18.9 Å². The van der Waals surface area contributed by atoms with Gasteiger partial charge in [-0.3, -0.25) is 0 Å². The van der Waals surface area contributed by atoms with Gasteiger partial charge in [-0.05, 0) is 26.2 Å². The van der Waals surface area contributed by atoms with Gasteiger partial charge in [-0.15, -0.1) is 11.8 Å². The molecule has 0 unspecified atom stereocenters. The second-order valence-corrected chi connectivity index (χ2v) is 4.28. The molecule has 0 aliphatic rings. The smallest absolute Gasteiger partial charge is 0.343 e. The van der Waals surface area contributed by atoms with E-state index in [1.165, 1.54) is 18.0 Å². The van der Waals surface area contributed by atoms with Crippen molar-refractivity contribution in [3.05, 3.63) is 23.5 Å². The molecule has 0 amide bonds. The molecule has 90 valence electrons. The lowest BCUT2D eigenvalue weighted by Gasteiger charge is -2.03. The Morgan fingerprint density at radius 3 is 3.00 bits per heavy atom. The normalized spacial score (nSPS) is 10.8. The third-order valence-electron chi connectivity index (χ3n) is 2.33. The van der Waals surface area contributed by atoms with Gasteiger partial charge in [0, 0.05) is 5.69 Å². The fraction of sp³-hybridized carbons (Fsp3) is 0.364. The largest absolute Gasteiger partial charge is 0.462 e. The topological polar surface area (TPSA) is 56.5 Å². The molecule has 0 aliphatic heterocycles. The van der Waals surface area contributed by atoms with E-state index in [0.717, 1.165) is 10.7 Å². The second kappa shape index (κ2) is 4.75. The van der Waals surface area contributed by atoms with Crippen LogP contribution in [0.15, 0.2) is 17.3 Å². The molecule has 0 saturated carbocycles. The number of nitrogens with zero attached hydrogens (tertiary/aromatic N) is 3. The molecule has 0 aromatic carbocycles. The van der Waals surface area contributed by atoms with Crippen LogP contribution in [-0.2, 0) is 4.74 Å². The highest BCUT2D eigenvalue weighted by Gasteiger charge is 2.16. The van der Waals surface area contributed by atoms with Crippen molar-refractivity contribution in [2.24, 2.45) is 0 Å². The minimum atomic E-state index is -0.382. The Balaban J connectivity index is 2.58. The lowest BCUT2D eigenvalue weighted by molar-refractivity contribution is 0.0528. The Morgan fingerprint density at radius 1 is 1.59 bits per heavy atom. The van der Waals surface area contributed by atoms with Gasteiger partial charge in [0.2, 0.25) is 0 Å². The maximum Gasteiger partial charge on any atom is 0.343 e. The van der Waals surface area contributed by atoms with E-state index < -0.39 is 0 Å². The van der Waals surface area contributed by atoms with Crippen molar-refractivity contribution in [1.82, 2.24) is 14.6 Å². The Morgan fingerprint density at radius 2 is 2.35 bits per heavy atom. The Kier molecular flexibility index (Phi) is 3.33. The molecule has 0 atom stereocenters. The molecule has 0 saturated heterocycles. The fourth-order valence-corrected chi connectivity index (χ4v) is 2.01. The molecule has 0 bridgehead atoms. The highest BCUT2D eigenvalue weighted by molar-refractivity contribution is 7.98. The number of fused-ring (bicyclic) bond motifs is 1. The van der Waals surface area contributed by atoms with Crippen LogP contribution < -0.4 is 0 Å². The molecule has 17 heavy (non-hydrogen) atoms. The van der Waals surface area contributed by atoms with E-state index in [1.807, 2.05) is 19.2 Å². The zero-order valence-corrected chi connectivity index (χ0v) is 10.7. The van der Waals surface area contributed by atoms with Gasteiger partial charge < -0.3 is 4.74 Å². The molecule has 2 rings (SSSR count). The zero-order valence-electron chi connectivity index (χ0n) is 9.93. The molecule has 0 fully saturated rings. The van der Waals surface area contributed by atoms with Crippen molar-refractivity contribution >= 4 is 23.4 Å². The van der Waals surface area contributed by atoms with Crippen LogP contribution in [0.25, 0.3) is 5.65 Å². The number of hydrogen-bond donors (Lipinski definition) is 0. The van der Waals surface area contributed by atoms with Gasteiger partial charge in [0.1, 0.15) is 10.6 Å². The molecule has 0 radical (unpaired) electrons. The highest BCUT2D eigenvalue weighted by atomic mass is 32.2. The maximum absolute atomic E-state index is 11.7. The molecule has 0 aliphatic carbocycles. The molecular formula is C11H13N3O2S. The summed E-state index contributed by atoms with van der Waals surface area (Å²) in [6.45, 7) is 4.04. The Hall–Kier alpha value is -1.56. The van der Waals surface area contributed by atoms with E-state index in [0.29, 0.717) is 17.8 Å². The summed E-state index contributed by atoms with van der Waals surface area (Å²) in [6.07, 6.45) is 3.44. The van der Waals surface area contributed by atoms with Gasteiger partial charge in [0.05, 0.1) is 12.8 Å². The van der Waals surface area contributed by atoms with Crippen LogP contribution in [0.3, 0.4) is 0 Å². The zero-order chi connectivity index (χ0) is 12.4. The molecule has 2 heterocycles. The van der Waals surface area contributed by atoms with Crippen molar-refractivity contribution < 1.29 is 9.53 Å². The minimum absolute atomic E-state index is 0.345. The fourth-order valence-electron chi connectivity index (χ4n) is 1.54. The monoisotopic (exact) mass is 251 g/mol. The van der Waals surface area contributed by atoms with E-state index in [4.69, 9.17) is 4.74 Å². The summed E-state index contributed by atoms with van der Waals surface area (Å²) >= 11 is 1.53. The first-order valence-corrected chi connectivity index (χ1v) is 6.46. The number of rotatable bonds is 3. The standard InChI is InChI=1S/C11H13N3O2S/c1-4-16-11(15)8-6-12-14-7(2)5-9(17-3)13-10(8)14/h5-6H,4H2,1-3H3. The third kappa shape index (κ3) is 2.12. The van der Waals surface area contributed by atoms with Gasteiger partial charge >= 0.3 is 5.97 Å². The lowest BCUT2D eigenvalue weighted by Crippen LogP contribution is -2.05. The van der Waals surface area contributed by atoms with Crippen molar-refractivity contribution in [2.75, 3.05) is 12.9 Å². The van der Waals surface area contributed by atoms with E-state index >= 15 is 0 Å². The minimum Gasteiger partial charge on any atom is -0.462 e. The number of carbonyl (C=O) groups excluding carboxylic acids is 1. The average molecular weight is 251 g/mol. The summed E-state index contributed by atoms with van der Waals surface area (Å²) in [7, 11) is 0. The first kappa shape index (κ1) is 11.9. The number of aromatic nitrogens is 3. The quantitative estimate of drug-likeness (QED) is 0.474. The number of esters is 1. The summed E-state index contributed by atoms with van der Waals surface area (Å²) in [5.74, 6) is -0.382. The molecule has 5 nitrogen and oxygen atoms in total. The van der Waals surface area contributed by atoms with Crippen LogP contribution in [0.1, 0.15) is 23.0 Å². The van der Waals surface area contributed by atoms with Gasteiger partial charge in [-0.1, -0.05) is 0 Å². The summed E-state index contributed by atoms with van der Waals surface area (Å²) in [6, 6.07) is 1.93. The number of aryl methyl sites for hydroxylation is 1. The van der Waals surface area contributed by atoms with Crippen molar-refractivity contribution in [1.29, 1.82) is 0 Å². The Bertz CT molecular complexity index is 565. The lowest BCUT2D eigenvalue weighted by atomic mass is 10.3. The predicted molar refractivity (Wildman–Crippen MR) is 65.5 cm³/mol. The van der Waals surface area contributed by atoms with Crippen LogP contribution in [-0.4, -0.2) is 33.4 Å². The molecule has 0 spiro atoms. The summed E-state index contributed by atoms with van der Waals surface area (Å²) < 4.78 is 6.61. The van der Waals surface area contributed by atoms with Crippen molar-refractivity contribution in [3.8, 4) is 0 Å². The van der Waals surface area contributed by atoms with E-state index in [1.54, 1.807) is 11.4 Å². The number of carbonyl (C=O) groups is 1. The van der Waals surface area contributed by atoms with E-state index in [9.17, 15) is 4.79 Å². The Labute approximate surface area is 103 Å². The summed E-state index contributed by atoms with van der Waals surface area (Å²) in [5.41, 5.74) is 1.90. The number of ether oxygens (including phenoxy) is 1. The molecule has 6 heteroatoms. The first-order valence-electron chi connectivity index (χ1n) is 5.24. The maximum atomic E-state index is 11.7. The first-order chi connectivity index (χ1) is 8.17. The predicted octanol–water partition coefficient (Wildman–Crippen LogP) is 1.94. The highest BCUT2D eigenvalue weighted by Crippen LogP contribution is 2.18. The molecule has 2 aromatic rings. The van der Waals surface area contributed by atoms with E-state index in [-0.39, 0.29) is 5.97 Å². The van der Waals surface area contributed by atoms with Crippen LogP contribution in [0.2, 0.25) is 0 Å². The SMILES string of the molecule is CCOC(=O)c1cnn2c(C)cc(SC)nc12. The summed E-state index contributed by atoms with van der Waals surface area (Å²) in [5, 5.41) is 5.00. The third-order valence-corrected chi connectivity index (χ3v) is 2.96. The van der Waals surface area contributed by atoms with Crippen LogP contribution in [0.4, 0.5) is 0 Å². The van der Waals surface area contributed by atoms with Gasteiger partial charge in [-0.25, -0.2) is 14.3 Å².